The van der Waals surface area contributed by atoms with Crippen molar-refractivity contribution in [2.75, 3.05) is 0 Å². The van der Waals surface area contributed by atoms with Gasteiger partial charge in [0, 0.05) is 12.0 Å². The van der Waals surface area contributed by atoms with Crippen LogP contribution in [-0.2, 0) is 19.4 Å². The molecule has 0 spiro atoms. The fourth-order valence-corrected chi connectivity index (χ4v) is 2.81. The fourth-order valence-electron chi connectivity index (χ4n) is 2.81. The largest absolute Gasteiger partial charge is 0.366 e. The average Bonchev–Trinajstić information content (AvgIpc) is 3.12. The first-order valence-corrected chi connectivity index (χ1v) is 8.29. The van der Waals surface area contributed by atoms with Gasteiger partial charge in [-0.3, -0.25) is 4.79 Å². The summed E-state index contributed by atoms with van der Waals surface area (Å²) in [4.78, 5) is 11.9. The van der Waals surface area contributed by atoms with Crippen molar-refractivity contribution in [3.63, 3.8) is 0 Å². The van der Waals surface area contributed by atoms with Crippen molar-refractivity contribution < 1.29 is 4.79 Å². The Labute approximate surface area is 151 Å². The first-order valence-electron chi connectivity index (χ1n) is 8.29. The van der Waals surface area contributed by atoms with E-state index in [1.54, 1.807) is 4.68 Å². The molecule has 1 amide bonds. The van der Waals surface area contributed by atoms with Crippen LogP contribution in [0.1, 0.15) is 28.2 Å². The van der Waals surface area contributed by atoms with Gasteiger partial charge in [-0.15, -0.1) is 5.10 Å². The summed E-state index contributed by atoms with van der Waals surface area (Å²) in [6.45, 7) is 0.471. The fraction of sp³-hybridized carbons (Fsp3) is 0.211. The van der Waals surface area contributed by atoms with E-state index in [1.807, 2.05) is 48.5 Å². The van der Waals surface area contributed by atoms with Crippen molar-refractivity contribution in [2.45, 2.75) is 25.8 Å². The molecule has 0 radical (unpaired) electrons. The van der Waals surface area contributed by atoms with Gasteiger partial charge >= 0.3 is 0 Å². The SMILES string of the molecule is N#CCCn1nnnc1CCc1ccc(-c2ccccc2)c(C(N)=O)c1. The lowest BCUT2D eigenvalue weighted by Crippen LogP contribution is -2.13. The number of aryl methyl sites for hydroxylation is 3. The number of hydrogen-bond acceptors (Lipinski definition) is 5. The molecule has 0 bridgehead atoms. The van der Waals surface area contributed by atoms with E-state index in [9.17, 15) is 4.79 Å². The van der Waals surface area contributed by atoms with Gasteiger partial charge in [-0.25, -0.2) is 4.68 Å². The third-order valence-corrected chi connectivity index (χ3v) is 4.11. The number of tetrazole rings is 1. The maximum absolute atomic E-state index is 11.9. The number of amides is 1. The third-order valence-electron chi connectivity index (χ3n) is 4.11. The van der Waals surface area contributed by atoms with Crippen molar-refractivity contribution in [3.05, 3.63) is 65.5 Å². The van der Waals surface area contributed by atoms with Gasteiger partial charge in [-0.05, 0) is 39.6 Å². The molecule has 7 heteroatoms. The van der Waals surface area contributed by atoms with Crippen LogP contribution in [0.5, 0.6) is 0 Å². The Hall–Kier alpha value is -3.53. The van der Waals surface area contributed by atoms with E-state index < -0.39 is 5.91 Å². The summed E-state index contributed by atoms with van der Waals surface area (Å²) >= 11 is 0. The molecule has 3 aromatic rings. The highest BCUT2D eigenvalue weighted by molar-refractivity contribution is 6.00. The molecule has 3 rings (SSSR count). The van der Waals surface area contributed by atoms with Crippen molar-refractivity contribution in [2.24, 2.45) is 5.73 Å². The van der Waals surface area contributed by atoms with Crippen molar-refractivity contribution >= 4 is 5.91 Å². The van der Waals surface area contributed by atoms with E-state index in [-0.39, 0.29) is 0 Å². The van der Waals surface area contributed by atoms with Crippen LogP contribution in [0.2, 0.25) is 0 Å². The summed E-state index contributed by atoms with van der Waals surface area (Å²) < 4.78 is 1.64. The first kappa shape index (κ1) is 17.3. The highest BCUT2D eigenvalue weighted by Crippen LogP contribution is 2.25. The predicted octanol–water partition coefficient (Wildman–Crippen LogP) is 2.14. The van der Waals surface area contributed by atoms with Crippen LogP contribution in [0.4, 0.5) is 0 Å². The summed E-state index contributed by atoms with van der Waals surface area (Å²) in [5.41, 5.74) is 8.83. The first-order chi connectivity index (χ1) is 12.7. The van der Waals surface area contributed by atoms with Gasteiger partial charge in [0.1, 0.15) is 0 Å². The second-order valence-electron chi connectivity index (χ2n) is 5.84. The molecule has 26 heavy (non-hydrogen) atoms. The van der Waals surface area contributed by atoms with E-state index in [1.165, 1.54) is 0 Å². The van der Waals surface area contributed by atoms with Gasteiger partial charge in [0.05, 0.1) is 19.0 Å². The number of benzene rings is 2. The highest BCUT2D eigenvalue weighted by atomic mass is 16.1. The van der Waals surface area contributed by atoms with Crippen LogP contribution in [-0.4, -0.2) is 26.1 Å². The number of nitriles is 1. The molecular formula is C19H18N6O. The Morgan fingerprint density at radius 2 is 1.96 bits per heavy atom. The molecule has 0 aliphatic rings. The van der Waals surface area contributed by atoms with Gasteiger partial charge in [0.2, 0.25) is 5.91 Å². The number of aromatic nitrogens is 4. The second kappa shape index (κ2) is 8.03. The third kappa shape index (κ3) is 3.92. The minimum absolute atomic E-state index is 0.357. The van der Waals surface area contributed by atoms with Gasteiger partial charge in [0.25, 0.3) is 0 Å². The molecule has 0 fully saturated rings. The maximum atomic E-state index is 11.9. The zero-order chi connectivity index (χ0) is 18.4. The van der Waals surface area contributed by atoms with Gasteiger partial charge in [-0.1, -0.05) is 42.5 Å². The lowest BCUT2D eigenvalue weighted by Gasteiger charge is -2.10. The summed E-state index contributed by atoms with van der Waals surface area (Å²) in [5.74, 6) is 0.262. The Morgan fingerprint density at radius 1 is 1.15 bits per heavy atom. The molecule has 0 saturated carbocycles. The summed E-state index contributed by atoms with van der Waals surface area (Å²) in [5, 5.41) is 20.3. The number of nitrogens with two attached hydrogens (primary N) is 1. The summed E-state index contributed by atoms with van der Waals surface area (Å²) in [6, 6.07) is 17.5. The molecule has 1 heterocycles. The zero-order valence-corrected chi connectivity index (χ0v) is 14.2. The monoisotopic (exact) mass is 346 g/mol. The molecule has 0 aliphatic carbocycles. The van der Waals surface area contributed by atoms with Crippen LogP contribution in [0.25, 0.3) is 11.1 Å². The van der Waals surface area contributed by atoms with Crippen LogP contribution in [0, 0.1) is 11.3 Å². The number of primary amides is 1. The van der Waals surface area contributed by atoms with Gasteiger partial charge in [-0.2, -0.15) is 5.26 Å². The predicted molar refractivity (Wildman–Crippen MR) is 95.9 cm³/mol. The molecule has 0 aliphatic heterocycles. The molecule has 0 unspecified atom stereocenters. The second-order valence-corrected chi connectivity index (χ2v) is 5.84. The number of nitrogens with zero attached hydrogens (tertiary/aromatic N) is 5. The molecule has 2 N–H and O–H groups in total. The normalized spacial score (nSPS) is 10.4. The Balaban J connectivity index is 1.80. The van der Waals surface area contributed by atoms with Gasteiger partial charge in [0.15, 0.2) is 5.82 Å². The molecule has 7 nitrogen and oxygen atoms in total. The summed E-state index contributed by atoms with van der Waals surface area (Å²) in [6.07, 6.45) is 1.64. The van der Waals surface area contributed by atoms with Crippen molar-refractivity contribution in [1.29, 1.82) is 5.26 Å². The smallest absolute Gasteiger partial charge is 0.249 e. The molecule has 2 aromatic carbocycles. The highest BCUT2D eigenvalue weighted by Gasteiger charge is 2.12. The van der Waals surface area contributed by atoms with E-state index in [2.05, 4.69) is 21.6 Å². The maximum Gasteiger partial charge on any atom is 0.249 e. The van der Waals surface area contributed by atoms with E-state index >= 15 is 0 Å². The van der Waals surface area contributed by atoms with E-state index in [0.717, 1.165) is 16.7 Å². The quantitative estimate of drug-likeness (QED) is 0.704. The Kier molecular flexibility index (Phi) is 5.34. The minimum Gasteiger partial charge on any atom is -0.366 e. The van der Waals surface area contributed by atoms with Gasteiger partial charge < -0.3 is 5.73 Å². The van der Waals surface area contributed by atoms with Crippen LogP contribution in [0.3, 0.4) is 0 Å². The van der Waals surface area contributed by atoms with Crippen molar-refractivity contribution in [3.8, 4) is 17.2 Å². The topological polar surface area (TPSA) is 110 Å². The average molecular weight is 346 g/mol. The van der Waals surface area contributed by atoms with Crippen molar-refractivity contribution in [1.82, 2.24) is 20.2 Å². The zero-order valence-electron chi connectivity index (χ0n) is 14.2. The Bertz CT molecular complexity index is 942. The minimum atomic E-state index is -0.454. The molecule has 1 aromatic heterocycles. The molecule has 130 valence electrons. The molecule has 0 atom stereocenters. The van der Waals surface area contributed by atoms with Crippen LogP contribution >= 0.6 is 0 Å². The number of carbonyl (C=O) groups excluding carboxylic acids is 1. The van der Waals surface area contributed by atoms with Crippen LogP contribution in [0.15, 0.2) is 48.5 Å². The standard InChI is InChI=1S/C19H18N6O/c20-11-4-12-25-18(22-23-24-25)10-8-14-7-9-16(17(13-14)19(21)26)15-5-2-1-3-6-15/h1-3,5-7,9,13H,4,8,10,12H2,(H2,21,26). The Morgan fingerprint density at radius 3 is 2.69 bits per heavy atom. The molecular weight excluding hydrogens is 328 g/mol. The van der Waals surface area contributed by atoms with Crippen LogP contribution < -0.4 is 5.73 Å². The number of hydrogen-bond donors (Lipinski definition) is 1. The number of carbonyl (C=O) groups is 1. The lowest BCUT2D eigenvalue weighted by molar-refractivity contribution is 0.100. The number of rotatable bonds is 7. The van der Waals surface area contributed by atoms with E-state index in [4.69, 9.17) is 11.0 Å². The molecule has 0 saturated heterocycles. The van der Waals surface area contributed by atoms with E-state index in [0.29, 0.717) is 37.2 Å². The lowest BCUT2D eigenvalue weighted by atomic mass is 9.95. The summed E-state index contributed by atoms with van der Waals surface area (Å²) in [7, 11) is 0.